The monoisotopic (exact) mass is 506 g/mol. The van der Waals surface area contributed by atoms with E-state index in [1.165, 1.54) is 0 Å². The van der Waals surface area contributed by atoms with Crippen LogP contribution in [0.5, 0.6) is 0 Å². The maximum atomic E-state index is 12.6. The van der Waals surface area contributed by atoms with E-state index in [-0.39, 0.29) is 52.9 Å². The van der Waals surface area contributed by atoms with Gasteiger partial charge in [-0.15, -0.1) is 0 Å². The van der Waals surface area contributed by atoms with Gasteiger partial charge in [0.1, 0.15) is 26.4 Å². The molecular weight excluding hydrogens is 472 g/mol. The van der Waals surface area contributed by atoms with Gasteiger partial charge in [0, 0.05) is 0 Å². The minimum atomic E-state index is -0.621. The van der Waals surface area contributed by atoms with E-state index in [1.54, 1.807) is 12.2 Å². The summed E-state index contributed by atoms with van der Waals surface area (Å²) < 4.78 is 32.0. The van der Waals surface area contributed by atoms with Crippen molar-refractivity contribution >= 4 is 23.9 Å². The maximum Gasteiger partial charge on any atom is 0.310 e. The lowest BCUT2D eigenvalue weighted by Gasteiger charge is -2.25. The fourth-order valence-electron chi connectivity index (χ4n) is 4.22. The van der Waals surface area contributed by atoms with Crippen LogP contribution in [0.3, 0.4) is 0 Å². The van der Waals surface area contributed by atoms with Crippen LogP contribution in [0.15, 0.2) is 36.5 Å². The van der Waals surface area contributed by atoms with Crippen LogP contribution in [-0.2, 0) is 47.6 Å². The number of ether oxygens (including phenoxy) is 6. The predicted octanol–water partition coefficient (Wildman–Crippen LogP) is 1.93. The summed E-state index contributed by atoms with van der Waals surface area (Å²) in [5, 5.41) is 0. The molecule has 0 aromatic carbocycles. The first kappa shape index (κ1) is 27.6. The van der Waals surface area contributed by atoms with Crippen molar-refractivity contribution in [1.82, 2.24) is 0 Å². The quantitative estimate of drug-likeness (QED) is 0.273. The Morgan fingerprint density at radius 1 is 0.417 bits per heavy atom. The first-order valence-electron chi connectivity index (χ1n) is 12.3. The van der Waals surface area contributed by atoms with Crippen molar-refractivity contribution in [2.24, 2.45) is 23.7 Å². The topological polar surface area (TPSA) is 124 Å². The summed E-state index contributed by atoms with van der Waals surface area (Å²) >= 11 is 0. The standard InChI is InChI=1S/C26H34O10/c27-23-19-7-1-3-9-21(19)25(29)35-17-15-31-13-14-32-16-18-36-26(30)22-10-4-2-8-20(22)24(28)34-12-6-5-11-33-23/h1-6,19-22H,7-18H2/b6-5+. The van der Waals surface area contributed by atoms with Crippen molar-refractivity contribution in [3.05, 3.63) is 36.5 Å². The molecule has 0 radical (unpaired) electrons. The fourth-order valence-corrected chi connectivity index (χ4v) is 4.22. The van der Waals surface area contributed by atoms with Gasteiger partial charge in [-0.25, -0.2) is 0 Å². The zero-order valence-corrected chi connectivity index (χ0v) is 20.3. The molecular formula is C26H34O10. The zero-order chi connectivity index (χ0) is 25.6. The third-order valence-corrected chi connectivity index (χ3v) is 6.20. The van der Waals surface area contributed by atoms with E-state index in [9.17, 15) is 19.2 Å². The number of allylic oxidation sites excluding steroid dienone is 4. The molecule has 1 aliphatic heterocycles. The zero-order valence-electron chi connectivity index (χ0n) is 20.3. The maximum absolute atomic E-state index is 12.6. The van der Waals surface area contributed by atoms with Crippen molar-refractivity contribution < 1.29 is 47.6 Å². The Balaban J connectivity index is 1.58. The minimum absolute atomic E-state index is 0.0185. The average molecular weight is 507 g/mol. The minimum Gasteiger partial charge on any atom is -0.463 e. The number of fused-ring (bicyclic) bond motifs is 2. The Labute approximate surface area is 210 Å². The van der Waals surface area contributed by atoms with Gasteiger partial charge < -0.3 is 28.4 Å². The smallest absolute Gasteiger partial charge is 0.310 e. The number of rotatable bonds is 0. The second-order valence-corrected chi connectivity index (χ2v) is 8.60. The fraction of sp³-hybridized carbons (Fsp3) is 0.615. The van der Waals surface area contributed by atoms with Gasteiger partial charge in [0.2, 0.25) is 0 Å². The number of carbonyl (C=O) groups is 4. The van der Waals surface area contributed by atoms with Gasteiger partial charge in [-0.3, -0.25) is 19.2 Å². The normalized spacial score (nSPS) is 30.9. The molecule has 0 fully saturated rings. The van der Waals surface area contributed by atoms with Crippen LogP contribution in [0.4, 0.5) is 0 Å². The van der Waals surface area contributed by atoms with Crippen LogP contribution in [0.2, 0.25) is 0 Å². The molecule has 198 valence electrons. The van der Waals surface area contributed by atoms with Crippen molar-refractivity contribution in [3.8, 4) is 0 Å². The summed E-state index contributed by atoms with van der Waals surface area (Å²) in [4.78, 5) is 50.2. The molecule has 0 N–H and O–H groups in total. The van der Waals surface area contributed by atoms with Crippen molar-refractivity contribution in [3.63, 3.8) is 0 Å². The number of cyclic esters (lactones) is 4. The summed E-state index contributed by atoms with van der Waals surface area (Å²) in [6.45, 7) is 1.04. The van der Waals surface area contributed by atoms with Gasteiger partial charge in [-0.2, -0.15) is 0 Å². The highest BCUT2D eigenvalue weighted by atomic mass is 16.6. The molecule has 3 rings (SSSR count). The number of esters is 4. The van der Waals surface area contributed by atoms with Crippen LogP contribution in [0.25, 0.3) is 0 Å². The van der Waals surface area contributed by atoms with E-state index in [0.717, 1.165) is 0 Å². The number of hydrogen-bond acceptors (Lipinski definition) is 10. The van der Waals surface area contributed by atoms with E-state index < -0.39 is 47.5 Å². The Hall–Kier alpha value is -2.98. The van der Waals surface area contributed by atoms with Gasteiger partial charge in [0.15, 0.2) is 0 Å². The number of carbonyl (C=O) groups excluding carboxylic acids is 4. The van der Waals surface area contributed by atoms with Crippen molar-refractivity contribution in [2.75, 3.05) is 52.9 Å². The molecule has 0 amide bonds. The van der Waals surface area contributed by atoms with Gasteiger partial charge in [-0.1, -0.05) is 24.3 Å². The molecule has 0 aromatic heterocycles. The molecule has 3 aliphatic rings. The van der Waals surface area contributed by atoms with E-state index in [0.29, 0.717) is 25.7 Å². The Kier molecular flexibility index (Phi) is 11.7. The molecule has 4 atom stereocenters. The van der Waals surface area contributed by atoms with Gasteiger partial charge in [-0.05, 0) is 37.8 Å². The Morgan fingerprint density at radius 2 is 0.722 bits per heavy atom. The lowest BCUT2D eigenvalue weighted by atomic mass is 9.83. The lowest BCUT2D eigenvalue weighted by Crippen LogP contribution is -2.34. The second kappa shape index (κ2) is 15.2. The van der Waals surface area contributed by atoms with Gasteiger partial charge in [0.05, 0.1) is 50.1 Å². The highest BCUT2D eigenvalue weighted by Gasteiger charge is 2.37. The summed E-state index contributed by atoms with van der Waals surface area (Å²) in [6.07, 6.45) is 12.2. The third-order valence-electron chi connectivity index (χ3n) is 6.20. The van der Waals surface area contributed by atoms with E-state index in [4.69, 9.17) is 28.4 Å². The van der Waals surface area contributed by atoms with E-state index in [1.807, 2.05) is 24.3 Å². The summed E-state index contributed by atoms with van der Waals surface area (Å²) in [5.74, 6) is -4.36. The van der Waals surface area contributed by atoms with Crippen LogP contribution < -0.4 is 0 Å². The molecule has 0 aromatic rings. The predicted molar refractivity (Wildman–Crippen MR) is 125 cm³/mol. The SMILES string of the molecule is O=C1OC/C=C/COC(=O)C2CC=CCC2C(=O)OCCOCCOCCOC(=O)C2CC=CCC12. The molecule has 1 heterocycles. The van der Waals surface area contributed by atoms with Crippen LogP contribution in [0, 0.1) is 23.7 Å². The van der Waals surface area contributed by atoms with Gasteiger partial charge >= 0.3 is 23.9 Å². The summed E-state index contributed by atoms with van der Waals surface area (Å²) in [7, 11) is 0. The molecule has 2 aliphatic carbocycles. The van der Waals surface area contributed by atoms with Gasteiger partial charge in [0.25, 0.3) is 0 Å². The van der Waals surface area contributed by atoms with Crippen molar-refractivity contribution in [2.45, 2.75) is 25.7 Å². The highest BCUT2D eigenvalue weighted by Crippen LogP contribution is 2.29. The first-order valence-corrected chi connectivity index (χ1v) is 12.3. The highest BCUT2D eigenvalue weighted by molar-refractivity contribution is 5.83. The summed E-state index contributed by atoms with van der Waals surface area (Å²) in [6, 6.07) is 0. The molecule has 0 spiro atoms. The third kappa shape index (κ3) is 8.60. The molecule has 0 saturated heterocycles. The second-order valence-electron chi connectivity index (χ2n) is 8.60. The summed E-state index contributed by atoms with van der Waals surface area (Å²) in [5.41, 5.74) is 0. The Morgan fingerprint density at radius 3 is 1.08 bits per heavy atom. The molecule has 4 unspecified atom stereocenters. The lowest BCUT2D eigenvalue weighted by molar-refractivity contribution is -0.161. The molecule has 10 nitrogen and oxygen atoms in total. The molecule has 0 saturated carbocycles. The first-order chi connectivity index (χ1) is 17.6. The largest absolute Gasteiger partial charge is 0.463 e. The van der Waals surface area contributed by atoms with Crippen LogP contribution >= 0.6 is 0 Å². The molecule has 36 heavy (non-hydrogen) atoms. The van der Waals surface area contributed by atoms with Crippen LogP contribution in [0.1, 0.15) is 25.7 Å². The van der Waals surface area contributed by atoms with E-state index in [2.05, 4.69) is 0 Å². The Bertz CT molecular complexity index is 778. The molecule has 10 heteroatoms. The number of hydrogen-bond donors (Lipinski definition) is 0. The molecule has 0 bridgehead atoms. The van der Waals surface area contributed by atoms with Crippen LogP contribution in [-0.4, -0.2) is 76.7 Å². The average Bonchev–Trinajstić information content (AvgIpc) is 2.90. The van der Waals surface area contributed by atoms with E-state index >= 15 is 0 Å². The van der Waals surface area contributed by atoms with Crippen molar-refractivity contribution in [1.29, 1.82) is 0 Å².